The van der Waals surface area contributed by atoms with Gasteiger partial charge in [-0.25, -0.2) is 0 Å². The molecular weight excluding hydrogens is 312 g/mol. The van der Waals surface area contributed by atoms with Gasteiger partial charge >= 0.3 is 0 Å². The van der Waals surface area contributed by atoms with Crippen molar-refractivity contribution in [2.24, 2.45) is 4.99 Å². The van der Waals surface area contributed by atoms with Crippen LogP contribution in [0, 0.1) is 0 Å². The van der Waals surface area contributed by atoms with Crippen LogP contribution in [0.2, 0.25) is 5.02 Å². The maximum atomic E-state index is 6.04. The molecule has 1 aromatic carbocycles. The monoisotopic (exact) mass is 338 g/mol. The van der Waals surface area contributed by atoms with Gasteiger partial charge in [0.1, 0.15) is 0 Å². The Kier molecular flexibility index (Phi) is 6.69. The Morgan fingerprint density at radius 3 is 2.22 bits per heavy atom. The molecule has 23 heavy (non-hydrogen) atoms. The lowest BCUT2D eigenvalue weighted by Crippen LogP contribution is -2.41. The van der Waals surface area contributed by atoms with Crippen LogP contribution >= 0.6 is 11.6 Å². The summed E-state index contributed by atoms with van der Waals surface area (Å²) in [6.45, 7) is 4.14. The van der Waals surface area contributed by atoms with Crippen LogP contribution < -0.4 is 0 Å². The van der Waals surface area contributed by atoms with Crippen molar-refractivity contribution in [3.63, 3.8) is 0 Å². The summed E-state index contributed by atoms with van der Waals surface area (Å²) in [6.07, 6.45) is 0. The molecule has 0 bridgehead atoms. The van der Waals surface area contributed by atoms with E-state index in [0.717, 1.165) is 37.3 Å². The van der Waals surface area contributed by atoms with Crippen LogP contribution in [0.5, 0.6) is 0 Å². The maximum Gasteiger partial charge on any atom is 0.195 e. The van der Waals surface area contributed by atoms with Crippen LogP contribution in [0.4, 0.5) is 0 Å². The molecule has 1 heterocycles. The van der Waals surface area contributed by atoms with E-state index >= 15 is 0 Å². The lowest BCUT2D eigenvalue weighted by atomic mass is 10.0. The molecule has 1 atom stereocenters. The zero-order valence-electron chi connectivity index (χ0n) is 14.5. The minimum atomic E-state index is 0.242. The molecule has 1 fully saturated rings. The minimum Gasteiger partial charge on any atom is -0.379 e. The average Bonchev–Trinajstić information content (AvgIpc) is 2.53. The SMILES string of the molecule is CN(C)C(=NCC(c1ccc(Cl)cc1)N1CCOCC1)N(C)C. The molecule has 128 valence electrons. The number of guanidine groups is 1. The molecule has 1 aliphatic rings. The third kappa shape index (κ3) is 5.09. The van der Waals surface area contributed by atoms with Gasteiger partial charge in [-0.15, -0.1) is 0 Å². The minimum absolute atomic E-state index is 0.242. The van der Waals surface area contributed by atoms with Crippen LogP contribution in [-0.4, -0.2) is 81.7 Å². The molecule has 1 unspecified atom stereocenters. The molecule has 5 nitrogen and oxygen atoms in total. The first-order valence-corrected chi connectivity index (χ1v) is 8.33. The lowest BCUT2D eigenvalue weighted by Gasteiger charge is -2.34. The van der Waals surface area contributed by atoms with Crippen molar-refractivity contribution in [1.82, 2.24) is 14.7 Å². The Morgan fingerprint density at radius 2 is 1.70 bits per heavy atom. The number of halogens is 1. The molecular formula is C17H27ClN4O. The van der Waals surface area contributed by atoms with E-state index in [2.05, 4.69) is 17.0 Å². The van der Waals surface area contributed by atoms with Crippen molar-refractivity contribution in [3.05, 3.63) is 34.9 Å². The van der Waals surface area contributed by atoms with E-state index in [1.165, 1.54) is 5.56 Å². The van der Waals surface area contributed by atoms with Gasteiger partial charge in [0, 0.05) is 46.3 Å². The van der Waals surface area contributed by atoms with Gasteiger partial charge in [0.15, 0.2) is 5.96 Å². The van der Waals surface area contributed by atoms with Crippen LogP contribution in [0.3, 0.4) is 0 Å². The number of benzene rings is 1. The summed E-state index contributed by atoms with van der Waals surface area (Å²) in [5.41, 5.74) is 1.25. The highest BCUT2D eigenvalue weighted by molar-refractivity contribution is 6.30. The highest BCUT2D eigenvalue weighted by atomic mass is 35.5. The largest absolute Gasteiger partial charge is 0.379 e. The summed E-state index contributed by atoms with van der Waals surface area (Å²) < 4.78 is 5.49. The third-order valence-corrected chi connectivity index (χ3v) is 4.20. The first-order chi connectivity index (χ1) is 11.0. The van der Waals surface area contributed by atoms with E-state index in [9.17, 15) is 0 Å². The Labute approximate surface area is 144 Å². The number of ether oxygens (including phenoxy) is 1. The summed E-state index contributed by atoms with van der Waals surface area (Å²) >= 11 is 6.04. The summed E-state index contributed by atoms with van der Waals surface area (Å²) in [6, 6.07) is 8.34. The third-order valence-electron chi connectivity index (χ3n) is 3.95. The van der Waals surface area contributed by atoms with Crippen molar-refractivity contribution < 1.29 is 4.74 Å². The molecule has 0 radical (unpaired) electrons. The van der Waals surface area contributed by atoms with E-state index in [4.69, 9.17) is 21.3 Å². The number of rotatable bonds is 4. The highest BCUT2D eigenvalue weighted by Gasteiger charge is 2.23. The van der Waals surface area contributed by atoms with Crippen LogP contribution in [0.1, 0.15) is 11.6 Å². The smallest absolute Gasteiger partial charge is 0.195 e. The topological polar surface area (TPSA) is 31.3 Å². The number of hydrogen-bond donors (Lipinski definition) is 0. The van der Waals surface area contributed by atoms with Gasteiger partial charge in [-0.2, -0.15) is 0 Å². The molecule has 0 aliphatic carbocycles. The average molecular weight is 339 g/mol. The molecule has 0 aromatic heterocycles. The van der Waals surface area contributed by atoms with Crippen molar-refractivity contribution in [1.29, 1.82) is 0 Å². The van der Waals surface area contributed by atoms with Crippen molar-refractivity contribution in [2.75, 3.05) is 61.0 Å². The normalized spacial score (nSPS) is 16.7. The van der Waals surface area contributed by atoms with E-state index in [-0.39, 0.29) is 6.04 Å². The summed E-state index contributed by atoms with van der Waals surface area (Å²) in [5.74, 6) is 0.970. The second-order valence-electron chi connectivity index (χ2n) is 6.15. The van der Waals surface area contributed by atoms with Gasteiger partial charge in [0.25, 0.3) is 0 Å². The van der Waals surface area contributed by atoms with Gasteiger partial charge in [-0.3, -0.25) is 9.89 Å². The summed E-state index contributed by atoms with van der Waals surface area (Å²) in [4.78, 5) is 11.4. The van der Waals surface area contributed by atoms with Crippen molar-refractivity contribution >= 4 is 17.6 Å². The fourth-order valence-electron chi connectivity index (χ4n) is 2.86. The number of hydrogen-bond acceptors (Lipinski definition) is 3. The van der Waals surface area contributed by atoms with Crippen LogP contribution in [0.25, 0.3) is 0 Å². The Hall–Kier alpha value is -1.30. The van der Waals surface area contributed by atoms with Crippen molar-refractivity contribution in [2.45, 2.75) is 6.04 Å². The quantitative estimate of drug-likeness (QED) is 0.622. The van der Waals surface area contributed by atoms with Crippen LogP contribution in [0.15, 0.2) is 29.3 Å². The Morgan fingerprint density at radius 1 is 1.13 bits per heavy atom. The molecule has 0 N–H and O–H groups in total. The zero-order chi connectivity index (χ0) is 16.8. The molecule has 0 amide bonds. The summed E-state index contributed by atoms with van der Waals surface area (Å²) in [5, 5.41) is 0.764. The second kappa shape index (κ2) is 8.52. The first-order valence-electron chi connectivity index (χ1n) is 7.95. The van der Waals surface area contributed by atoms with E-state index in [0.29, 0.717) is 6.54 Å². The molecule has 0 saturated carbocycles. The fraction of sp³-hybridized carbons (Fsp3) is 0.588. The van der Waals surface area contributed by atoms with E-state index in [1.54, 1.807) is 0 Å². The number of nitrogens with zero attached hydrogens (tertiary/aromatic N) is 4. The predicted molar refractivity (Wildman–Crippen MR) is 96.3 cm³/mol. The predicted octanol–water partition coefficient (Wildman–Crippen LogP) is 2.19. The molecule has 1 saturated heterocycles. The Bertz CT molecular complexity index is 500. The van der Waals surface area contributed by atoms with Gasteiger partial charge in [0.05, 0.1) is 25.8 Å². The second-order valence-corrected chi connectivity index (χ2v) is 6.58. The van der Waals surface area contributed by atoms with Crippen LogP contribution in [-0.2, 0) is 4.74 Å². The molecule has 2 rings (SSSR count). The highest BCUT2D eigenvalue weighted by Crippen LogP contribution is 2.24. The Balaban J connectivity index is 2.22. The standard InChI is InChI=1S/C17H27ClN4O/c1-20(2)17(21(3)4)19-13-16(22-9-11-23-12-10-22)14-5-7-15(18)8-6-14/h5-8,16H,9-13H2,1-4H3. The zero-order valence-corrected chi connectivity index (χ0v) is 15.3. The van der Waals surface area contributed by atoms with E-state index < -0.39 is 0 Å². The molecule has 6 heteroatoms. The summed E-state index contributed by atoms with van der Waals surface area (Å²) in [7, 11) is 8.07. The van der Waals surface area contributed by atoms with Crippen molar-refractivity contribution in [3.8, 4) is 0 Å². The van der Waals surface area contributed by atoms with Gasteiger partial charge < -0.3 is 14.5 Å². The number of aliphatic imine (C=N–C) groups is 1. The fourth-order valence-corrected chi connectivity index (χ4v) is 2.98. The van der Waals surface area contributed by atoms with Gasteiger partial charge in [-0.05, 0) is 17.7 Å². The lowest BCUT2D eigenvalue weighted by molar-refractivity contribution is 0.0179. The van der Waals surface area contributed by atoms with E-state index in [1.807, 2.05) is 50.1 Å². The van der Waals surface area contributed by atoms with Gasteiger partial charge in [-0.1, -0.05) is 23.7 Å². The van der Waals surface area contributed by atoms with Gasteiger partial charge in [0.2, 0.25) is 0 Å². The molecule has 0 spiro atoms. The first kappa shape index (κ1) is 18.0. The number of morpholine rings is 1. The molecule has 1 aliphatic heterocycles. The maximum absolute atomic E-state index is 6.04. The molecule has 1 aromatic rings.